The molecule has 2 nitrogen and oxygen atoms in total. The monoisotopic (exact) mass is 245 g/mol. The molecule has 1 heterocycles. The molecule has 0 spiro atoms. The standard InChI is InChI=1S/C17H11NO/c19-10-11-9-15-13-6-3-4-8-16(13)18-17(15)14-7-2-1-5-12(11)14/h1-10,18H. The van der Waals surface area contributed by atoms with E-state index in [0.717, 1.165) is 44.4 Å². The fourth-order valence-electron chi connectivity index (χ4n) is 2.81. The molecule has 1 N–H and O–H groups in total. The van der Waals surface area contributed by atoms with Gasteiger partial charge in [0.05, 0.1) is 5.52 Å². The summed E-state index contributed by atoms with van der Waals surface area (Å²) in [7, 11) is 0. The first kappa shape index (κ1) is 10.3. The molecule has 4 aromatic rings. The van der Waals surface area contributed by atoms with Gasteiger partial charge in [-0.05, 0) is 17.5 Å². The van der Waals surface area contributed by atoms with E-state index in [1.807, 2.05) is 36.4 Å². The third-order valence-electron chi connectivity index (χ3n) is 3.68. The lowest BCUT2D eigenvalue weighted by molar-refractivity contribution is 0.112. The zero-order valence-corrected chi connectivity index (χ0v) is 10.2. The number of aldehydes is 1. The second kappa shape index (κ2) is 3.69. The lowest BCUT2D eigenvalue weighted by Crippen LogP contribution is -1.84. The highest BCUT2D eigenvalue weighted by molar-refractivity contribution is 6.20. The van der Waals surface area contributed by atoms with Gasteiger partial charge in [0.2, 0.25) is 0 Å². The average molecular weight is 245 g/mol. The van der Waals surface area contributed by atoms with Crippen LogP contribution in [0, 0.1) is 0 Å². The maximum absolute atomic E-state index is 11.3. The molecule has 90 valence electrons. The van der Waals surface area contributed by atoms with E-state index >= 15 is 0 Å². The molecule has 0 radical (unpaired) electrons. The number of benzene rings is 3. The number of aromatic amines is 1. The first-order valence-corrected chi connectivity index (χ1v) is 6.26. The number of para-hydroxylation sites is 1. The van der Waals surface area contributed by atoms with Crippen LogP contribution in [0.2, 0.25) is 0 Å². The lowest BCUT2D eigenvalue weighted by atomic mass is 10.0. The third-order valence-corrected chi connectivity index (χ3v) is 3.68. The van der Waals surface area contributed by atoms with Crippen molar-refractivity contribution in [1.29, 1.82) is 0 Å². The maximum atomic E-state index is 11.3. The molecule has 0 saturated carbocycles. The Kier molecular flexibility index (Phi) is 2.00. The minimum atomic E-state index is 0.743. The summed E-state index contributed by atoms with van der Waals surface area (Å²) in [5.74, 6) is 0. The minimum Gasteiger partial charge on any atom is -0.354 e. The summed E-state index contributed by atoms with van der Waals surface area (Å²) in [5.41, 5.74) is 2.95. The second-order valence-corrected chi connectivity index (χ2v) is 4.72. The zero-order chi connectivity index (χ0) is 12.8. The second-order valence-electron chi connectivity index (χ2n) is 4.72. The van der Waals surface area contributed by atoms with Gasteiger partial charge in [-0.3, -0.25) is 4.79 Å². The van der Waals surface area contributed by atoms with E-state index in [1.165, 1.54) is 0 Å². The Bertz CT molecular complexity index is 934. The summed E-state index contributed by atoms with van der Waals surface area (Å²) in [4.78, 5) is 14.8. The molecule has 19 heavy (non-hydrogen) atoms. The van der Waals surface area contributed by atoms with Gasteiger partial charge in [-0.15, -0.1) is 0 Å². The van der Waals surface area contributed by atoms with Gasteiger partial charge in [0, 0.05) is 27.2 Å². The predicted octanol–water partition coefficient (Wildman–Crippen LogP) is 4.29. The average Bonchev–Trinajstić information content (AvgIpc) is 2.85. The van der Waals surface area contributed by atoms with Gasteiger partial charge in [0.15, 0.2) is 6.29 Å². The third kappa shape index (κ3) is 1.34. The van der Waals surface area contributed by atoms with Crippen molar-refractivity contribution >= 4 is 38.9 Å². The highest BCUT2D eigenvalue weighted by Gasteiger charge is 2.10. The molecule has 0 atom stereocenters. The van der Waals surface area contributed by atoms with Gasteiger partial charge < -0.3 is 4.98 Å². The summed E-state index contributed by atoms with van der Waals surface area (Å²) in [6, 6.07) is 18.2. The summed E-state index contributed by atoms with van der Waals surface area (Å²) < 4.78 is 0. The molecule has 0 amide bonds. The van der Waals surface area contributed by atoms with Crippen LogP contribution in [0.4, 0.5) is 0 Å². The molecule has 3 aromatic carbocycles. The Labute approximate surface area is 109 Å². The van der Waals surface area contributed by atoms with Crippen molar-refractivity contribution in [3.8, 4) is 0 Å². The molecular formula is C17H11NO. The van der Waals surface area contributed by atoms with Crippen molar-refractivity contribution in [1.82, 2.24) is 4.98 Å². The maximum Gasteiger partial charge on any atom is 0.150 e. The van der Waals surface area contributed by atoms with Gasteiger partial charge in [-0.2, -0.15) is 0 Å². The van der Waals surface area contributed by atoms with Crippen LogP contribution >= 0.6 is 0 Å². The number of fused-ring (bicyclic) bond motifs is 5. The summed E-state index contributed by atoms with van der Waals surface area (Å²) >= 11 is 0. The van der Waals surface area contributed by atoms with Crippen LogP contribution in [-0.4, -0.2) is 11.3 Å². The predicted molar refractivity (Wildman–Crippen MR) is 78.7 cm³/mol. The van der Waals surface area contributed by atoms with Gasteiger partial charge >= 0.3 is 0 Å². The van der Waals surface area contributed by atoms with E-state index in [0.29, 0.717) is 0 Å². The number of aromatic nitrogens is 1. The van der Waals surface area contributed by atoms with E-state index < -0.39 is 0 Å². The van der Waals surface area contributed by atoms with Crippen molar-refractivity contribution in [2.75, 3.05) is 0 Å². The molecule has 0 bridgehead atoms. The molecule has 0 fully saturated rings. The van der Waals surface area contributed by atoms with Crippen molar-refractivity contribution in [2.45, 2.75) is 0 Å². The number of rotatable bonds is 1. The Hall–Kier alpha value is -2.61. The van der Waals surface area contributed by atoms with Crippen LogP contribution < -0.4 is 0 Å². The molecular weight excluding hydrogens is 234 g/mol. The highest BCUT2D eigenvalue weighted by atomic mass is 16.1. The highest BCUT2D eigenvalue weighted by Crippen LogP contribution is 2.32. The Balaban J connectivity index is 2.35. The molecule has 0 saturated heterocycles. The normalized spacial score (nSPS) is 11.4. The Morgan fingerprint density at radius 3 is 2.26 bits per heavy atom. The Morgan fingerprint density at radius 2 is 1.47 bits per heavy atom. The first-order chi connectivity index (χ1) is 9.38. The topological polar surface area (TPSA) is 32.9 Å². The molecule has 0 unspecified atom stereocenters. The van der Waals surface area contributed by atoms with Gasteiger partial charge in [-0.1, -0.05) is 42.5 Å². The number of nitrogens with one attached hydrogen (secondary N) is 1. The van der Waals surface area contributed by atoms with E-state index in [4.69, 9.17) is 0 Å². The van der Waals surface area contributed by atoms with Gasteiger partial charge in [0.25, 0.3) is 0 Å². The lowest BCUT2D eigenvalue weighted by Gasteiger charge is -2.02. The van der Waals surface area contributed by atoms with Crippen LogP contribution in [0.5, 0.6) is 0 Å². The van der Waals surface area contributed by atoms with Crippen LogP contribution in [0.1, 0.15) is 10.4 Å². The van der Waals surface area contributed by atoms with Crippen LogP contribution in [0.3, 0.4) is 0 Å². The minimum absolute atomic E-state index is 0.743. The Morgan fingerprint density at radius 1 is 0.789 bits per heavy atom. The van der Waals surface area contributed by atoms with E-state index in [1.54, 1.807) is 0 Å². The molecule has 0 aliphatic carbocycles. The summed E-state index contributed by atoms with van der Waals surface area (Å²) in [5, 5.41) is 4.36. The van der Waals surface area contributed by atoms with Crippen molar-refractivity contribution in [3.63, 3.8) is 0 Å². The van der Waals surface area contributed by atoms with E-state index in [2.05, 4.69) is 23.2 Å². The number of hydrogen-bond acceptors (Lipinski definition) is 1. The fraction of sp³-hybridized carbons (Fsp3) is 0. The number of H-pyrrole nitrogens is 1. The zero-order valence-electron chi connectivity index (χ0n) is 10.2. The van der Waals surface area contributed by atoms with Crippen molar-refractivity contribution in [2.24, 2.45) is 0 Å². The molecule has 2 heteroatoms. The number of carbonyl (C=O) groups excluding carboxylic acids is 1. The number of carbonyl (C=O) groups is 1. The molecule has 1 aromatic heterocycles. The molecule has 4 rings (SSSR count). The van der Waals surface area contributed by atoms with Crippen LogP contribution in [0.25, 0.3) is 32.6 Å². The smallest absolute Gasteiger partial charge is 0.150 e. The molecule has 0 aliphatic heterocycles. The SMILES string of the molecule is O=Cc1cc2c3ccccc3[nH]c2c2ccccc12. The van der Waals surface area contributed by atoms with Crippen LogP contribution in [-0.2, 0) is 0 Å². The van der Waals surface area contributed by atoms with E-state index in [9.17, 15) is 4.79 Å². The largest absolute Gasteiger partial charge is 0.354 e. The van der Waals surface area contributed by atoms with Gasteiger partial charge in [-0.25, -0.2) is 0 Å². The van der Waals surface area contributed by atoms with E-state index in [-0.39, 0.29) is 0 Å². The van der Waals surface area contributed by atoms with Crippen LogP contribution in [0.15, 0.2) is 54.6 Å². The quantitative estimate of drug-likeness (QED) is 0.499. The van der Waals surface area contributed by atoms with Gasteiger partial charge in [0.1, 0.15) is 0 Å². The molecule has 0 aliphatic rings. The van der Waals surface area contributed by atoms with Crippen molar-refractivity contribution < 1.29 is 4.79 Å². The summed E-state index contributed by atoms with van der Waals surface area (Å²) in [6.45, 7) is 0. The van der Waals surface area contributed by atoms with Crippen molar-refractivity contribution in [3.05, 3.63) is 60.2 Å². The number of hydrogen-bond donors (Lipinski definition) is 1. The first-order valence-electron chi connectivity index (χ1n) is 6.26. The fourth-order valence-corrected chi connectivity index (χ4v) is 2.81. The summed E-state index contributed by atoms with van der Waals surface area (Å²) in [6.07, 6.45) is 0.934.